The molecule has 0 amide bonds. The molecule has 3 heteroatoms. The summed E-state index contributed by atoms with van der Waals surface area (Å²) in [5.74, 6) is 0.264. The molecule has 0 N–H and O–H groups in total. The van der Waals surface area contributed by atoms with Crippen LogP contribution in [0.3, 0.4) is 0 Å². The highest BCUT2D eigenvalue weighted by Gasteiger charge is 2.37. The summed E-state index contributed by atoms with van der Waals surface area (Å²) in [7, 11) is 0. The first kappa shape index (κ1) is 11.9. The van der Waals surface area contributed by atoms with Crippen LogP contribution in [0.4, 0.5) is 0 Å². The number of hydrogen-bond donors (Lipinski definition) is 0. The highest BCUT2D eigenvalue weighted by molar-refractivity contribution is 5.67. The first-order valence-electron chi connectivity index (χ1n) is 5.62. The molecule has 0 fully saturated rings. The Balaban J connectivity index is 2.24. The summed E-state index contributed by atoms with van der Waals surface area (Å²) in [4.78, 5) is 11.0. The van der Waals surface area contributed by atoms with E-state index in [1.807, 2.05) is 50.3 Å². The molecule has 0 aromatic heterocycles. The third-order valence-electron chi connectivity index (χ3n) is 2.70. The van der Waals surface area contributed by atoms with Gasteiger partial charge in [0.2, 0.25) is 0 Å². The van der Waals surface area contributed by atoms with Crippen LogP contribution >= 0.6 is 0 Å². The summed E-state index contributed by atoms with van der Waals surface area (Å²) < 4.78 is 11.1. The summed E-state index contributed by atoms with van der Waals surface area (Å²) in [6.45, 7) is 5.18. The topological polar surface area (TPSA) is 35.5 Å². The van der Waals surface area contributed by atoms with Gasteiger partial charge in [0.05, 0.1) is 0 Å². The maximum Gasteiger partial charge on any atom is 0.307 e. The van der Waals surface area contributed by atoms with Crippen molar-refractivity contribution >= 4 is 5.97 Å². The second-order valence-electron chi connectivity index (χ2n) is 4.58. The molecule has 0 unspecified atom stereocenters. The molecule has 17 heavy (non-hydrogen) atoms. The second-order valence-corrected chi connectivity index (χ2v) is 4.58. The zero-order chi connectivity index (χ0) is 12.5. The van der Waals surface area contributed by atoms with Crippen molar-refractivity contribution in [3.8, 4) is 0 Å². The predicted octanol–water partition coefficient (Wildman–Crippen LogP) is 2.98. The average molecular weight is 232 g/mol. The Morgan fingerprint density at radius 1 is 1.29 bits per heavy atom. The standard InChI is InChI=1S/C14H16O3/c1-10(15)16-13-9-12(17-14(13,2)3)11-7-5-4-6-8-11/h4-9,12H,1-3H3/t12-/m1/s1. The van der Waals surface area contributed by atoms with Crippen LogP contribution in [0.2, 0.25) is 0 Å². The Hall–Kier alpha value is -1.61. The molecule has 0 aliphatic carbocycles. The maximum absolute atomic E-state index is 11.0. The molecule has 2 rings (SSSR count). The molecule has 90 valence electrons. The zero-order valence-corrected chi connectivity index (χ0v) is 10.3. The molecule has 0 spiro atoms. The minimum Gasteiger partial charge on any atom is -0.428 e. The molecule has 0 bridgehead atoms. The summed E-state index contributed by atoms with van der Waals surface area (Å²) in [5, 5.41) is 0. The van der Waals surface area contributed by atoms with E-state index in [2.05, 4.69) is 0 Å². The Kier molecular flexibility index (Phi) is 3.03. The molecule has 1 aromatic carbocycles. The van der Waals surface area contributed by atoms with Gasteiger partial charge in [-0.3, -0.25) is 4.79 Å². The van der Waals surface area contributed by atoms with Gasteiger partial charge >= 0.3 is 5.97 Å². The lowest BCUT2D eigenvalue weighted by Gasteiger charge is -2.22. The fourth-order valence-corrected chi connectivity index (χ4v) is 1.87. The highest BCUT2D eigenvalue weighted by Crippen LogP contribution is 2.38. The van der Waals surface area contributed by atoms with Crippen LogP contribution in [0, 0.1) is 0 Å². The Bertz CT molecular complexity index is 446. The van der Waals surface area contributed by atoms with Crippen molar-refractivity contribution in [3.63, 3.8) is 0 Å². The third-order valence-corrected chi connectivity index (χ3v) is 2.70. The number of hydrogen-bond acceptors (Lipinski definition) is 3. The molecule has 1 heterocycles. The molecule has 0 radical (unpaired) electrons. The summed E-state index contributed by atoms with van der Waals surface area (Å²) in [5.41, 5.74) is 0.495. The van der Waals surface area contributed by atoms with Crippen molar-refractivity contribution in [1.82, 2.24) is 0 Å². The van der Waals surface area contributed by atoms with Crippen molar-refractivity contribution in [3.05, 3.63) is 47.7 Å². The molecule has 3 nitrogen and oxygen atoms in total. The van der Waals surface area contributed by atoms with Crippen molar-refractivity contribution in [2.45, 2.75) is 32.5 Å². The van der Waals surface area contributed by atoms with Gasteiger partial charge in [0.1, 0.15) is 17.5 Å². The fourth-order valence-electron chi connectivity index (χ4n) is 1.87. The van der Waals surface area contributed by atoms with Gasteiger partial charge in [-0.25, -0.2) is 0 Å². The van der Waals surface area contributed by atoms with E-state index >= 15 is 0 Å². The van der Waals surface area contributed by atoms with Crippen LogP contribution in [0.5, 0.6) is 0 Å². The number of esters is 1. The van der Waals surface area contributed by atoms with Gasteiger partial charge < -0.3 is 9.47 Å². The van der Waals surface area contributed by atoms with Crippen LogP contribution in [0.1, 0.15) is 32.4 Å². The third kappa shape index (κ3) is 2.56. The molecule has 1 atom stereocenters. The minimum atomic E-state index is -0.563. The minimum absolute atomic E-state index is 0.152. The van der Waals surface area contributed by atoms with Crippen LogP contribution in [0.15, 0.2) is 42.2 Å². The van der Waals surface area contributed by atoms with Crippen LogP contribution < -0.4 is 0 Å². The normalized spacial score (nSPS) is 22.1. The SMILES string of the molecule is CC(=O)OC1=C[C@H](c2ccccc2)OC1(C)C. The number of ether oxygens (including phenoxy) is 2. The van der Waals surface area contributed by atoms with Gasteiger partial charge in [0.15, 0.2) is 0 Å². The van der Waals surface area contributed by atoms with Crippen LogP contribution in [-0.4, -0.2) is 11.6 Å². The Morgan fingerprint density at radius 3 is 2.53 bits per heavy atom. The molecule has 1 aromatic rings. The lowest BCUT2D eigenvalue weighted by atomic mass is 10.1. The van der Waals surface area contributed by atoms with Gasteiger partial charge in [0, 0.05) is 6.92 Å². The van der Waals surface area contributed by atoms with Gasteiger partial charge in [-0.15, -0.1) is 0 Å². The quantitative estimate of drug-likeness (QED) is 0.735. The fraction of sp³-hybridized carbons (Fsp3) is 0.357. The largest absolute Gasteiger partial charge is 0.428 e. The Morgan fingerprint density at radius 2 is 1.94 bits per heavy atom. The van der Waals surface area contributed by atoms with E-state index in [4.69, 9.17) is 9.47 Å². The van der Waals surface area contributed by atoms with E-state index in [1.165, 1.54) is 6.92 Å². The van der Waals surface area contributed by atoms with E-state index in [-0.39, 0.29) is 12.1 Å². The molecule has 0 saturated carbocycles. The number of carbonyl (C=O) groups excluding carboxylic acids is 1. The number of benzene rings is 1. The average Bonchev–Trinajstić information content (AvgIpc) is 2.55. The smallest absolute Gasteiger partial charge is 0.307 e. The summed E-state index contributed by atoms with van der Waals surface area (Å²) in [6.07, 6.45) is 1.71. The maximum atomic E-state index is 11.0. The number of carbonyl (C=O) groups is 1. The molecule has 0 saturated heterocycles. The van der Waals surface area contributed by atoms with E-state index in [1.54, 1.807) is 0 Å². The van der Waals surface area contributed by atoms with E-state index in [0.717, 1.165) is 5.56 Å². The van der Waals surface area contributed by atoms with E-state index < -0.39 is 5.60 Å². The highest BCUT2D eigenvalue weighted by atomic mass is 16.6. The summed E-state index contributed by atoms with van der Waals surface area (Å²) >= 11 is 0. The predicted molar refractivity (Wildman–Crippen MR) is 64.2 cm³/mol. The van der Waals surface area contributed by atoms with Crippen LogP contribution in [0.25, 0.3) is 0 Å². The van der Waals surface area contributed by atoms with Gasteiger partial charge in [-0.1, -0.05) is 30.3 Å². The van der Waals surface area contributed by atoms with Gasteiger partial charge in [-0.05, 0) is 25.5 Å². The summed E-state index contributed by atoms with van der Waals surface area (Å²) in [6, 6.07) is 9.87. The monoisotopic (exact) mass is 232 g/mol. The molecular weight excluding hydrogens is 216 g/mol. The van der Waals surface area contributed by atoms with Gasteiger partial charge in [0.25, 0.3) is 0 Å². The lowest BCUT2D eigenvalue weighted by molar-refractivity contribution is -0.140. The molecule has 1 aliphatic heterocycles. The first-order valence-corrected chi connectivity index (χ1v) is 5.62. The van der Waals surface area contributed by atoms with Crippen molar-refractivity contribution in [2.75, 3.05) is 0 Å². The van der Waals surface area contributed by atoms with Crippen molar-refractivity contribution in [2.24, 2.45) is 0 Å². The van der Waals surface area contributed by atoms with Gasteiger partial charge in [-0.2, -0.15) is 0 Å². The first-order chi connectivity index (χ1) is 7.99. The molecule has 1 aliphatic rings. The lowest BCUT2D eigenvalue weighted by Crippen LogP contribution is -2.25. The number of rotatable bonds is 2. The second kappa shape index (κ2) is 4.34. The van der Waals surface area contributed by atoms with E-state index in [9.17, 15) is 4.79 Å². The van der Waals surface area contributed by atoms with Crippen molar-refractivity contribution in [1.29, 1.82) is 0 Å². The Labute approximate surface area is 101 Å². The molecular formula is C14H16O3. The van der Waals surface area contributed by atoms with E-state index in [0.29, 0.717) is 5.76 Å². The van der Waals surface area contributed by atoms with Crippen LogP contribution in [-0.2, 0) is 14.3 Å². The zero-order valence-electron chi connectivity index (χ0n) is 10.3. The van der Waals surface area contributed by atoms with Crippen molar-refractivity contribution < 1.29 is 14.3 Å².